The van der Waals surface area contributed by atoms with E-state index in [1.54, 1.807) is 18.2 Å². The predicted octanol–water partition coefficient (Wildman–Crippen LogP) is 4.00. The highest BCUT2D eigenvalue weighted by molar-refractivity contribution is 6.01. The van der Waals surface area contributed by atoms with Crippen molar-refractivity contribution in [2.24, 2.45) is 0 Å². The molecule has 5 heteroatoms. The number of para-hydroxylation sites is 2. The molecule has 0 atom stereocenters. The Bertz CT molecular complexity index is 769. The van der Waals surface area contributed by atoms with Gasteiger partial charge in [-0.25, -0.2) is 0 Å². The van der Waals surface area contributed by atoms with E-state index in [0.29, 0.717) is 17.2 Å². The molecule has 26 heavy (non-hydrogen) atoms. The molecule has 0 radical (unpaired) electrons. The summed E-state index contributed by atoms with van der Waals surface area (Å²) < 4.78 is 0. The Hall–Kier alpha value is -2.82. The number of carbonyl (C=O) groups is 2. The van der Waals surface area contributed by atoms with Crippen molar-refractivity contribution in [1.82, 2.24) is 5.32 Å². The van der Waals surface area contributed by atoms with E-state index in [1.807, 2.05) is 44.2 Å². The van der Waals surface area contributed by atoms with Gasteiger partial charge in [0.2, 0.25) is 5.91 Å². The molecule has 2 aromatic carbocycles. The quantitative estimate of drug-likeness (QED) is 0.705. The van der Waals surface area contributed by atoms with Gasteiger partial charge in [-0.2, -0.15) is 0 Å². The van der Waals surface area contributed by atoms with E-state index in [0.717, 1.165) is 11.3 Å². The summed E-state index contributed by atoms with van der Waals surface area (Å²) in [6.07, 6.45) is 0. The summed E-state index contributed by atoms with van der Waals surface area (Å²) in [6.45, 7) is 8.08. The highest BCUT2D eigenvalue weighted by Gasteiger charge is 2.13. The molecule has 0 saturated heterocycles. The highest BCUT2D eigenvalue weighted by atomic mass is 16.2. The first-order valence-corrected chi connectivity index (χ1v) is 8.91. The number of hydrogen-bond donors (Lipinski definition) is 3. The summed E-state index contributed by atoms with van der Waals surface area (Å²) in [4.78, 5) is 24.6. The maximum atomic E-state index is 12.3. The van der Waals surface area contributed by atoms with E-state index >= 15 is 0 Å². The third-order valence-corrected chi connectivity index (χ3v) is 3.89. The number of carbonyl (C=O) groups excluding carboxylic acids is 2. The van der Waals surface area contributed by atoms with Crippen LogP contribution in [-0.2, 0) is 4.79 Å². The van der Waals surface area contributed by atoms with Crippen LogP contribution in [0.2, 0.25) is 0 Å². The molecule has 2 amide bonds. The molecule has 2 rings (SSSR count). The average Bonchev–Trinajstić information content (AvgIpc) is 2.60. The molecule has 0 heterocycles. The van der Waals surface area contributed by atoms with Crippen LogP contribution in [-0.4, -0.2) is 24.4 Å². The number of benzene rings is 2. The van der Waals surface area contributed by atoms with E-state index < -0.39 is 0 Å². The van der Waals surface area contributed by atoms with Crippen LogP contribution in [0.3, 0.4) is 0 Å². The summed E-state index contributed by atoms with van der Waals surface area (Å²) in [7, 11) is 0. The summed E-state index contributed by atoms with van der Waals surface area (Å²) >= 11 is 0. The fourth-order valence-electron chi connectivity index (χ4n) is 2.66. The molecule has 3 N–H and O–H groups in total. The monoisotopic (exact) mass is 353 g/mol. The molecule has 138 valence electrons. The van der Waals surface area contributed by atoms with Gasteiger partial charge >= 0.3 is 0 Å². The van der Waals surface area contributed by atoms with Crippen LogP contribution < -0.4 is 16.0 Å². The Morgan fingerprint density at radius 3 is 2.15 bits per heavy atom. The molecule has 0 aromatic heterocycles. The van der Waals surface area contributed by atoms with Gasteiger partial charge in [0.05, 0.1) is 12.1 Å². The largest absolute Gasteiger partial charge is 0.376 e. The molecule has 0 saturated carbocycles. The second kappa shape index (κ2) is 9.04. The van der Waals surface area contributed by atoms with Gasteiger partial charge in [0.25, 0.3) is 5.91 Å². The zero-order valence-corrected chi connectivity index (χ0v) is 15.8. The molecule has 0 aliphatic heterocycles. The van der Waals surface area contributed by atoms with Crippen LogP contribution >= 0.6 is 0 Å². The fraction of sp³-hybridized carbons (Fsp3) is 0.333. The lowest BCUT2D eigenvalue weighted by molar-refractivity contribution is -0.114. The van der Waals surface area contributed by atoms with Crippen LogP contribution in [0.4, 0.5) is 11.4 Å². The van der Waals surface area contributed by atoms with Gasteiger partial charge in [-0.15, -0.1) is 0 Å². The first kappa shape index (κ1) is 19.5. The van der Waals surface area contributed by atoms with Gasteiger partial charge in [0.1, 0.15) is 0 Å². The normalized spacial score (nSPS) is 10.7. The van der Waals surface area contributed by atoms with Crippen molar-refractivity contribution < 1.29 is 9.59 Å². The third kappa shape index (κ3) is 5.34. The second-order valence-corrected chi connectivity index (χ2v) is 6.82. The van der Waals surface area contributed by atoms with Crippen LogP contribution in [0.25, 0.3) is 0 Å². The maximum Gasteiger partial charge on any atom is 0.253 e. The van der Waals surface area contributed by atoms with E-state index in [2.05, 4.69) is 29.8 Å². The van der Waals surface area contributed by atoms with E-state index in [9.17, 15) is 9.59 Å². The lowest BCUT2D eigenvalue weighted by atomic mass is 10.0. The van der Waals surface area contributed by atoms with Crippen molar-refractivity contribution in [3.8, 4) is 0 Å². The van der Waals surface area contributed by atoms with Gasteiger partial charge in [-0.05, 0) is 43.5 Å². The fourth-order valence-corrected chi connectivity index (χ4v) is 2.66. The van der Waals surface area contributed by atoms with E-state index in [-0.39, 0.29) is 24.4 Å². The topological polar surface area (TPSA) is 70.2 Å². The first-order valence-electron chi connectivity index (χ1n) is 8.91. The average molecular weight is 353 g/mol. The Morgan fingerprint density at radius 2 is 1.50 bits per heavy atom. The number of amides is 2. The summed E-state index contributed by atoms with van der Waals surface area (Å²) in [5.74, 6) is 0.00532. The third-order valence-electron chi connectivity index (χ3n) is 3.89. The Kier molecular flexibility index (Phi) is 6.78. The highest BCUT2D eigenvalue weighted by Crippen LogP contribution is 2.23. The molecular formula is C21H27N3O2. The van der Waals surface area contributed by atoms with Crippen molar-refractivity contribution in [2.45, 2.75) is 39.7 Å². The van der Waals surface area contributed by atoms with Crippen LogP contribution in [0.5, 0.6) is 0 Å². The van der Waals surface area contributed by atoms with Gasteiger partial charge in [0, 0.05) is 17.4 Å². The molecule has 5 nitrogen and oxygen atoms in total. The SMILES string of the molecule is CC(C)NC(=O)c1ccccc1NCC(=O)Nc1ccccc1C(C)C. The molecular weight excluding hydrogens is 326 g/mol. The molecule has 2 aromatic rings. The van der Waals surface area contributed by atoms with E-state index in [4.69, 9.17) is 0 Å². The van der Waals surface area contributed by atoms with Gasteiger partial charge in [-0.3, -0.25) is 9.59 Å². The summed E-state index contributed by atoms with van der Waals surface area (Å²) in [5, 5.41) is 8.87. The molecule has 0 spiro atoms. The van der Waals surface area contributed by atoms with Crippen LogP contribution in [0.15, 0.2) is 48.5 Å². The van der Waals surface area contributed by atoms with E-state index in [1.165, 1.54) is 0 Å². The first-order chi connectivity index (χ1) is 12.4. The maximum absolute atomic E-state index is 12.3. The van der Waals surface area contributed by atoms with Crippen LogP contribution in [0.1, 0.15) is 49.5 Å². The van der Waals surface area contributed by atoms with Crippen molar-refractivity contribution >= 4 is 23.2 Å². The predicted molar refractivity (Wildman–Crippen MR) is 107 cm³/mol. The Morgan fingerprint density at radius 1 is 0.885 bits per heavy atom. The zero-order chi connectivity index (χ0) is 19.1. The zero-order valence-electron chi connectivity index (χ0n) is 15.8. The smallest absolute Gasteiger partial charge is 0.253 e. The van der Waals surface area contributed by atoms with Crippen molar-refractivity contribution in [1.29, 1.82) is 0 Å². The number of hydrogen-bond acceptors (Lipinski definition) is 3. The number of anilines is 2. The van der Waals surface area contributed by atoms with Crippen LogP contribution in [0, 0.1) is 0 Å². The Labute approximate surface area is 155 Å². The minimum Gasteiger partial charge on any atom is -0.376 e. The number of nitrogens with one attached hydrogen (secondary N) is 3. The van der Waals surface area contributed by atoms with Gasteiger partial charge < -0.3 is 16.0 Å². The molecule has 0 bridgehead atoms. The standard InChI is InChI=1S/C21H27N3O2/c1-14(2)16-9-5-8-12-19(16)24-20(25)13-22-18-11-7-6-10-17(18)21(26)23-15(3)4/h5-12,14-15,22H,13H2,1-4H3,(H,23,26)(H,24,25). The minimum atomic E-state index is -0.159. The summed E-state index contributed by atoms with van der Waals surface area (Å²) in [6, 6.07) is 15.0. The molecule has 0 aliphatic carbocycles. The molecule has 0 unspecified atom stereocenters. The minimum absolute atomic E-state index is 0.0476. The lowest BCUT2D eigenvalue weighted by Crippen LogP contribution is -2.31. The summed E-state index contributed by atoms with van der Waals surface area (Å²) in [5.41, 5.74) is 3.08. The van der Waals surface area contributed by atoms with Crippen molar-refractivity contribution in [2.75, 3.05) is 17.2 Å². The second-order valence-electron chi connectivity index (χ2n) is 6.82. The van der Waals surface area contributed by atoms with Crippen molar-refractivity contribution in [3.05, 3.63) is 59.7 Å². The van der Waals surface area contributed by atoms with Gasteiger partial charge in [0.15, 0.2) is 0 Å². The molecule has 0 aliphatic rings. The van der Waals surface area contributed by atoms with Crippen molar-refractivity contribution in [3.63, 3.8) is 0 Å². The Balaban J connectivity index is 2.03. The number of rotatable bonds is 7. The lowest BCUT2D eigenvalue weighted by Gasteiger charge is -2.15. The molecule has 0 fully saturated rings. The van der Waals surface area contributed by atoms with Gasteiger partial charge in [-0.1, -0.05) is 44.2 Å².